The number of aromatic nitrogens is 7. The van der Waals surface area contributed by atoms with Crippen molar-refractivity contribution in [3.05, 3.63) is 77.9 Å². The van der Waals surface area contributed by atoms with E-state index in [2.05, 4.69) is 61.9 Å². The lowest BCUT2D eigenvalue weighted by Gasteiger charge is -2.08. The first-order valence-electron chi connectivity index (χ1n) is 11.2. The molecule has 0 radical (unpaired) electrons. The number of rotatable bonds is 10. The van der Waals surface area contributed by atoms with Crippen molar-refractivity contribution in [2.75, 3.05) is 0 Å². The average molecular weight is 442 g/mol. The first kappa shape index (κ1) is 22.3. The van der Waals surface area contributed by atoms with Crippen molar-refractivity contribution in [1.29, 1.82) is 0 Å². The molecular weight excluding hydrogens is 414 g/mol. The Morgan fingerprint density at radius 3 is 2.58 bits per heavy atom. The van der Waals surface area contributed by atoms with Gasteiger partial charge in [-0.3, -0.25) is 4.79 Å². The molecule has 4 aromatic rings. The van der Waals surface area contributed by atoms with E-state index in [1.165, 1.54) is 0 Å². The Bertz CT molecular complexity index is 1220. The van der Waals surface area contributed by atoms with Gasteiger partial charge in [-0.1, -0.05) is 74.0 Å². The monoisotopic (exact) mass is 441 g/mol. The summed E-state index contributed by atoms with van der Waals surface area (Å²) in [6.07, 6.45) is 6.89. The van der Waals surface area contributed by atoms with E-state index >= 15 is 0 Å². The number of tetrazole rings is 1. The van der Waals surface area contributed by atoms with Crippen LogP contribution in [0.15, 0.2) is 60.7 Å². The van der Waals surface area contributed by atoms with Crippen LogP contribution in [0, 0.1) is 0 Å². The summed E-state index contributed by atoms with van der Waals surface area (Å²) in [6.45, 7) is 4.63. The molecule has 0 aliphatic heterocycles. The number of ketones is 1. The standard InChI is InChI=1S/C25H27N7O/c1-3-5-11-22(33)25-26-23(32(29-25)16-6-4-2)17-18-12-14-19(15-13-18)20-9-7-8-10-21(20)24-27-30-31-28-24/h4,6-10,12-15H,3,5,11,16-17H2,1-2H3,(H,27,28,30,31). The molecule has 0 spiro atoms. The SMILES string of the molecule is CC=CCn1nc(C(=O)CCCC)nc1Cc1ccc(-c2ccccc2-c2nn[nH]n2)cc1. The summed E-state index contributed by atoms with van der Waals surface area (Å²) in [4.78, 5) is 17.0. The first-order chi connectivity index (χ1) is 16.2. The minimum absolute atomic E-state index is 0.00532. The topological polar surface area (TPSA) is 102 Å². The average Bonchev–Trinajstić information content (AvgIpc) is 3.52. The molecule has 8 nitrogen and oxygen atoms in total. The first-order valence-corrected chi connectivity index (χ1v) is 11.2. The molecule has 0 saturated heterocycles. The van der Waals surface area contributed by atoms with Crippen LogP contribution in [0.1, 0.15) is 55.1 Å². The highest BCUT2D eigenvalue weighted by Gasteiger charge is 2.16. The maximum atomic E-state index is 12.5. The van der Waals surface area contributed by atoms with Crippen molar-refractivity contribution in [2.24, 2.45) is 0 Å². The number of benzene rings is 2. The largest absolute Gasteiger partial charge is 0.291 e. The van der Waals surface area contributed by atoms with Crippen LogP contribution in [-0.2, 0) is 13.0 Å². The van der Waals surface area contributed by atoms with E-state index in [1.54, 1.807) is 0 Å². The zero-order valence-corrected chi connectivity index (χ0v) is 18.9. The Morgan fingerprint density at radius 1 is 1.09 bits per heavy atom. The third kappa shape index (κ3) is 5.28. The van der Waals surface area contributed by atoms with Crippen molar-refractivity contribution < 1.29 is 4.79 Å². The molecule has 0 unspecified atom stereocenters. The van der Waals surface area contributed by atoms with E-state index in [0.29, 0.717) is 31.0 Å². The van der Waals surface area contributed by atoms with Crippen LogP contribution >= 0.6 is 0 Å². The minimum atomic E-state index is 0.00532. The van der Waals surface area contributed by atoms with E-state index in [1.807, 2.05) is 48.0 Å². The Kier molecular flexibility index (Phi) is 7.14. The Labute approximate surface area is 192 Å². The second-order valence-electron chi connectivity index (χ2n) is 7.78. The minimum Gasteiger partial charge on any atom is -0.291 e. The second kappa shape index (κ2) is 10.6. The van der Waals surface area contributed by atoms with Crippen LogP contribution in [-0.4, -0.2) is 41.2 Å². The molecule has 1 N–H and O–H groups in total. The van der Waals surface area contributed by atoms with Crippen molar-refractivity contribution >= 4 is 5.78 Å². The highest BCUT2D eigenvalue weighted by atomic mass is 16.1. The van der Waals surface area contributed by atoms with Crippen LogP contribution in [0.5, 0.6) is 0 Å². The summed E-state index contributed by atoms with van der Waals surface area (Å²) in [5, 5.41) is 18.9. The molecule has 33 heavy (non-hydrogen) atoms. The molecule has 2 aromatic heterocycles. The lowest BCUT2D eigenvalue weighted by Crippen LogP contribution is -2.06. The summed E-state index contributed by atoms with van der Waals surface area (Å²) in [5.74, 6) is 1.67. The molecule has 168 valence electrons. The van der Waals surface area contributed by atoms with Crippen LogP contribution in [0.2, 0.25) is 0 Å². The van der Waals surface area contributed by atoms with Crippen LogP contribution in [0.4, 0.5) is 0 Å². The molecule has 0 bridgehead atoms. The van der Waals surface area contributed by atoms with Gasteiger partial charge in [-0.2, -0.15) is 5.21 Å². The van der Waals surface area contributed by atoms with Crippen molar-refractivity contribution in [1.82, 2.24) is 35.4 Å². The van der Waals surface area contributed by atoms with Crippen LogP contribution in [0.25, 0.3) is 22.5 Å². The number of hydrogen-bond donors (Lipinski definition) is 1. The van der Waals surface area contributed by atoms with Gasteiger partial charge in [0.2, 0.25) is 17.4 Å². The predicted molar refractivity (Wildman–Crippen MR) is 127 cm³/mol. The number of hydrogen-bond acceptors (Lipinski definition) is 6. The molecular formula is C25H27N7O. The fraction of sp³-hybridized carbons (Fsp3) is 0.280. The fourth-order valence-corrected chi connectivity index (χ4v) is 3.61. The van der Waals surface area contributed by atoms with Gasteiger partial charge in [-0.15, -0.1) is 15.3 Å². The van der Waals surface area contributed by atoms with Crippen LogP contribution in [0.3, 0.4) is 0 Å². The molecule has 2 heterocycles. The highest BCUT2D eigenvalue weighted by molar-refractivity contribution is 5.92. The van der Waals surface area contributed by atoms with E-state index < -0.39 is 0 Å². The second-order valence-corrected chi connectivity index (χ2v) is 7.78. The molecule has 0 aliphatic carbocycles. The summed E-state index contributed by atoms with van der Waals surface area (Å²) >= 11 is 0. The molecule has 0 saturated carbocycles. The Hall–Kier alpha value is -3.94. The zero-order chi connectivity index (χ0) is 23.0. The van der Waals surface area contributed by atoms with Gasteiger partial charge in [-0.05, 0) is 35.2 Å². The summed E-state index contributed by atoms with van der Waals surface area (Å²) in [7, 11) is 0. The van der Waals surface area contributed by atoms with E-state index in [-0.39, 0.29) is 5.78 Å². The number of nitrogens with one attached hydrogen (secondary N) is 1. The van der Waals surface area contributed by atoms with Gasteiger partial charge in [0.15, 0.2) is 0 Å². The molecule has 8 heteroatoms. The summed E-state index contributed by atoms with van der Waals surface area (Å²) in [6, 6.07) is 16.3. The maximum Gasteiger partial charge on any atom is 0.217 e. The number of aromatic amines is 1. The number of carbonyl (C=O) groups excluding carboxylic acids is 1. The lowest BCUT2D eigenvalue weighted by molar-refractivity contribution is 0.0969. The molecule has 2 aromatic carbocycles. The van der Waals surface area contributed by atoms with E-state index in [0.717, 1.165) is 40.9 Å². The van der Waals surface area contributed by atoms with Gasteiger partial charge in [0.1, 0.15) is 5.82 Å². The summed E-state index contributed by atoms with van der Waals surface area (Å²) < 4.78 is 1.82. The zero-order valence-electron chi connectivity index (χ0n) is 18.9. The maximum absolute atomic E-state index is 12.5. The lowest BCUT2D eigenvalue weighted by atomic mass is 9.98. The molecule has 0 fully saturated rings. The number of nitrogens with zero attached hydrogens (tertiary/aromatic N) is 6. The van der Waals surface area contributed by atoms with Gasteiger partial charge < -0.3 is 0 Å². The van der Waals surface area contributed by atoms with Gasteiger partial charge in [0.25, 0.3) is 0 Å². The number of unbranched alkanes of at least 4 members (excludes halogenated alkanes) is 1. The molecule has 4 rings (SSSR count). The van der Waals surface area contributed by atoms with Gasteiger partial charge in [-0.25, -0.2) is 9.67 Å². The van der Waals surface area contributed by atoms with Crippen molar-refractivity contribution in [3.8, 4) is 22.5 Å². The smallest absolute Gasteiger partial charge is 0.217 e. The third-order valence-corrected chi connectivity index (χ3v) is 5.41. The molecule has 0 aliphatic rings. The van der Waals surface area contributed by atoms with E-state index in [9.17, 15) is 4.79 Å². The van der Waals surface area contributed by atoms with E-state index in [4.69, 9.17) is 0 Å². The van der Waals surface area contributed by atoms with Gasteiger partial charge in [0.05, 0.1) is 6.54 Å². The molecule has 0 atom stereocenters. The summed E-state index contributed by atoms with van der Waals surface area (Å²) in [5.41, 5.74) is 4.10. The number of H-pyrrole nitrogens is 1. The Balaban J connectivity index is 1.57. The van der Waals surface area contributed by atoms with Crippen LogP contribution < -0.4 is 0 Å². The number of Topliss-reactive ketones (excluding diaryl/α,β-unsaturated/α-hetero) is 1. The van der Waals surface area contributed by atoms with Gasteiger partial charge in [0, 0.05) is 18.4 Å². The van der Waals surface area contributed by atoms with Crippen molar-refractivity contribution in [3.63, 3.8) is 0 Å². The Morgan fingerprint density at radius 2 is 1.88 bits per heavy atom. The highest BCUT2D eigenvalue weighted by Crippen LogP contribution is 2.30. The van der Waals surface area contributed by atoms with Crippen molar-refractivity contribution in [2.45, 2.75) is 46.1 Å². The predicted octanol–water partition coefficient (Wildman–Crippen LogP) is 4.67. The normalized spacial score (nSPS) is 11.3. The fourth-order valence-electron chi connectivity index (χ4n) is 3.61. The quantitative estimate of drug-likeness (QED) is 0.283. The number of allylic oxidation sites excluding steroid dienone is 2. The third-order valence-electron chi connectivity index (χ3n) is 5.41. The number of carbonyl (C=O) groups is 1. The van der Waals surface area contributed by atoms with Gasteiger partial charge >= 0.3 is 0 Å². The molecule has 0 amide bonds.